The summed E-state index contributed by atoms with van der Waals surface area (Å²) in [6, 6.07) is 26.7. The number of carbonyl (C=O) groups excluding carboxylic acids is 2. The molecule has 1 atom stereocenters. The van der Waals surface area contributed by atoms with Crippen LogP contribution in [0.5, 0.6) is 5.75 Å². The molecule has 0 saturated heterocycles. The molecule has 1 aliphatic rings. The van der Waals surface area contributed by atoms with E-state index in [2.05, 4.69) is 5.32 Å². The van der Waals surface area contributed by atoms with E-state index in [9.17, 15) is 18.0 Å². The van der Waals surface area contributed by atoms with Crippen LogP contribution in [-0.2, 0) is 32.6 Å². The SMILES string of the molecule is CCOc1ccc(N(CC(=O)N(Cc2ccc(Cl)c(Cl)c2)[C@H](Cc2ccccc2)C(=O)NC2CCCC2)S(=O)(=O)c2ccc(SC)cc2)cc1. The number of nitrogens with one attached hydrogen (secondary N) is 1. The predicted octanol–water partition coefficient (Wildman–Crippen LogP) is 8.01. The van der Waals surface area contributed by atoms with Crippen LogP contribution in [0.2, 0.25) is 10.0 Å². The van der Waals surface area contributed by atoms with E-state index < -0.39 is 28.5 Å². The molecule has 0 spiro atoms. The molecule has 2 amide bonds. The molecule has 0 unspecified atom stereocenters. The van der Waals surface area contributed by atoms with E-state index in [-0.39, 0.29) is 35.5 Å². The first-order chi connectivity index (χ1) is 24.1. The van der Waals surface area contributed by atoms with Gasteiger partial charge in [-0.1, -0.05) is 72.4 Å². The standard InChI is InChI=1S/C38H41Cl2N3O5S2/c1-3-48-31-16-14-30(15-17-31)43(50(46,47)33-20-18-32(49-2)19-21-33)26-37(44)42(25-28-13-22-34(39)35(40)23-28)36(24-27-9-5-4-6-10-27)38(45)41-29-11-7-8-12-29/h4-6,9-10,13-23,29,36H,3,7-8,11-12,24-26H2,1-2H3,(H,41,45)/t36-/m1/s1. The topological polar surface area (TPSA) is 96.0 Å². The average molecular weight is 755 g/mol. The molecule has 1 fully saturated rings. The molecule has 5 rings (SSSR count). The number of anilines is 1. The minimum absolute atomic E-state index is 0.00712. The monoisotopic (exact) mass is 753 g/mol. The molecule has 12 heteroatoms. The summed E-state index contributed by atoms with van der Waals surface area (Å²) in [5, 5.41) is 3.84. The van der Waals surface area contributed by atoms with Gasteiger partial charge in [-0.3, -0.25) is 13.9 Å². The van der Waals surface area contributed by atoms with Gasteiger partial charge < -0.3 is 15.0 Å². The largest absolute Gasteiger partial charge is 0.494 e. The molecular weight excluding hydrogens is 713 g/mol. The van der Waals surface area contributed by atoms with Gasteiger partial charge in [0.25, 0.3) is 10.0 Å². The molecule has 50 heavy (non-hydrogen) atoms. The van der Waals surface area contributed by atoms with Crippen LogP contribution in [0.15, 0.2) is 107 Å². The fraction of sp³-hybridized carbons (Fsp3) is 0.316. The van der Waals surface area contributed by atoms with Crippen molar-refractivity contribution < 1.29 is 22.7 Å². The number of nitrogens with zero attached hydrogens (tertiary/aromatic N) is 2. The van der Waals surface area contributed by atoms with Gasteiger partial charge in [-0.2, -0.15) is 0 Å². The summed E-state index contributed by atoms with van der Waals surface area (Å²) >= 11 is 14.1. The summed E-state index contributed by atoms with van der Waals surface area (Å²) in [5.74, 6) is -0.286. The second kappa shape index (κ2) is 17.5. The molecular formula is C38H41Cl2N3O5S2. The lowest BCUT2D eigenvalue weighted by molar-refractivity contribution is -0.140. The number of benzene rings is 4. The van der Waals surface area contributed by atoms with Crippen LogP contribution in [-0.4, -0.2) is 56.6 Å². The average Bonchev–Trinajstić information content (AvgIpc) is 3.64. The lowest BCUT2D eigenvalue weighted by atomic mass is 10.0. The summed E-state index contributed by atoms with van der Waals surface area (Å²) in [6.45, 7) is 1.73. The minimum atomic E-state index is -4.24. The third-order valence-corrected chi connectivity index (χ3v) is 11.9. The number of hydrogen-bond donors (Lipinski definition) is 1. The van der Waals surface area contributed by atoms with Crippen LogP contribution >= 0.6 is 35.0 Å². The molecule has 1 N–H and O–H groups in total. The number of hydrogen-bond acceptors (Lipinski definition) is 6. The van der Waals surface area contributed by atoms with Gasteiger partial charge in [0, 0.05) is 23.9 Å². The van der Waals surface area contributed by atoms with Gasteiger partial charge in [0.15, 0.2) is 0 Å². The van der Waals surface area contributed by atoms with E-state index in [0.717, 1.165) is 40.4 Å². The van der Waals surface area contributed by atoms with Crippen molar-refractivity contribution in [3.63, 3.8) is 0 Å². The van der Waals surface area contributed by atoms with Gasteiger partial charge in [0.2, 0.25) is 11.8 Å². The van der Waals surface area contributed by atoms with E-state index in [1.807, 2.05) is 43.5 Å². The van der Waals surface area contributed by atoms with Gasteiger partial charge in [0.05, 0.1) is 27.2 Å². The second-order valence-corrected chi connectivity index (χ2v) is 15.6. The number of halogens is 2. The first-order valence-electron chi connectivity index (χ1n) is 16.6. The van der Waals surface area contributed by atoms with Crippen molar-refractivity contribution in [2.45, 2.75) is 67.4 Å². The van der Waals surface area contributed by atoms with Gasteiger partial charge in [-0.15, -0.1) is 11.8 Å². The molecule has 0 heterocycles. The summed E-state index contributed by atoms with van der Waals surface area (Å²) in [4.78, 5) is 31.4. The number of thioether (sulfide) groups is 1. The van der Waals surface area contributed by atoms with Crippen LogP contribution in [0.1, 0.15) is 43.7 Å². The third kappa shape index (κ3) is 9.54. The van der Waals surface area contributed by atoms with Gasteiger partial charge >= 0.3 is 0 Å². The Bertz CT molecular complexity index is 1850. The van der Waals surface area contributed by atoms with Gasteiger partial charge in [-0.25, -0.2) is 8.42 Å². The van der Waals surface area contributed by atoms with Crippen molar-refractivity contribution in [3.05, 3.63) is 118 Å². The van der Waals surface area contributed by atoms with E-state index in [1.54, 1.807) is 54.6 Å². The molecule has 0 bridgehead atoms. The second-order valence-electron chi connectivity index (χ2n) is 12.1. The Kier molecular flexibility index (Phi) is 13.1. The lowest BCUT2D eigenvalue weighted by Crippen LogP contribution is -2.54. The smallest absolute Gasteiger partial charge is 0.264 e. The van der Waals surface area contributed by atoms with Crippen LogP contribution in [0.25, 0.3) is 0 Å². The highest BCUT2D eigenvalue weighted by molar-refractivity contribution is 7.98. The third-order valence-electron chi connectivity index (χ3n) is 8.67. The fourth-order valence-corrected chi connectivity index (χ4v) is 8.18. The molecule has 0 aliphatic heterocycles. The maximum Gasteiger partial charge on any atom is 0.264 e. The molecule has 0 aromatic heterocycles. The fourth-order valence-electron chi connectivity index (χ4n) is 6.04. The van der Waals surface area contributed by atoms with Crippen LogP contribution in [0, 0.1) is 0 Å². The zero-order valence-electron chi connectivity index (χ0n) is 28.1. The van der Waals surface area contributed by atoms with Crippen LogP contribution in [0.3, 0.4) is 0 Å². The zero-order valence-corrected chi connectivity index (χ0v) is 31.2. The summed E-state index contributed by atoms with van der Waals surface area (Å²) in [7, 11) is -4.24. The Labute approximate surface area is 309 Å². The molecule has 4 aromatic rings. The molecule has 1 saturated carbocycles. The normalized spacial score (nSPS) is 13.8. The highest BCUT2D eigenvalue weighted by Crippen LogP contribution is 2.29. The maximum absolute atomic E-state index is 14.8. The highest BCUT2D eigenvalue weighted by atomic mass is 35.5. The summed E-state index contributed by atoms with van der Waals surface area (Å²) < 4.78 is 35.4. The van der Waals surface area contributed by atoms with Gasteiger partial charge in [-0.05, 0) is 97.8 Å². The first kappa shape index (κ1) is 37.6. The van der Waals surface area contributed by atoms with Crippen molar-refractivity contribution in [1.82, 2.24) is 10.2 Å². The van der Waals surface area contributed by atoms with Crippen LogP contribution in [0.4, 0.5) is 5.69 Å². The first-order valence-corrected chi connectivity index (χ1v) is 20.0. The molecule has 264 valence electrons. The lowest BCUT2D eigenvalue weighted by Gasteiger charge is -2.34. The minimum Gasteiger partial charge on any atom is -0.494 e. The molecule has 4 aromatic carbocycles. The predicted molar refractivity (Wildman–Crippen MR) is 202 cm³/mol. The number of rotatable bonds is 15. The van der Waals surface area contributed by atoms with Crippen molar-refractivity contribution in [2.24, 2.45) is 0 Å². The quantitative estimate of drug-likeness (QED) is 0.124. The van der Waals surface area contributed by atoms with Crippen molar-refractivity contribution >= 4 is 62.5 Å². The number of carbonyl (C=O) groups is 2. The Balaban J connectivity index is 1.57. The van der Waals surface area contributed by atoms with E-state index in [0.29, 0.717) is 28.0 Å². The Morgan fingerprint density at radius 3 is 2.20 bits per heavy atom. The van der Waals surface area contributed by atoms with Crippen molar-refractivity contribution in [1.29, 1.82) is 0 Å². The Hall–Kier alpha value is -3.70. The van der Waals surface area contributed by atoms with E-state index in [1.165, 1.54) is 28.8 Å². The molecule has 8 nitrogen and oxygen atoms in total. The Morgan fingerprint density at radius 2 is 1.58 bits per heavy atom. The maximum atomic E-state index is 14.8. The number of amides is 2. The van der Waals surface area contributed by atoms with E-state index >= 15 is 0 Å². The number of sulfonamides is 1. The van der Waals surface area contributed by atoms with E-state index in [4.69, 9.17) is 27.9 Å². The number of ether oxygens (including phenoxy) is 1. The highest BCUT2D eigenvalue weighted by Gasteiger charge is 2.35. The van der Waals surface area contributed by atoms with Crippen molar-refractivity contribution in [2.75, 3.05) is 23.7 Å². The summed E-state index contributed by atoms with van der Waals surface area (Å²) in [5.41, 5.74) is 1.78. The van der Waals surface area contributed by atoms with Gasteiger partial charge in [0.1, 0.15) is 18.3 Å². The van der Waals surface area contributed by atoms with Crippen molar-refractivity contribution in [3.8, 4) is 5.75 Å². The summed E-state index contributed by atoms with van der Waals surface area (Å²) in [6.07, 6.45) is 5.90. The Morgan fingerprint density at radius 1 is 0.900 bits per heavy atom. The van der Waals surface area contributed by atoms with Crippen LogP contribution < -0.4 is 14.4 Å². The zero-order chi connectivity index (χ0) is 35.7. The molecule has 1 aliphatic carbocycles. The molecule has 0 radical (unpaired) electrons.